The number of nitrogens with one attached hydrogen (secondary N) is 1. The molecule has 1 aliphatic heterocycles. The average Bonchev–Trinajstić information content (AvgIpc) is 2.56. The maximum atomic E-state index is 12.8. The molecule has 8 heteroatoms. The molecule has 0 aliphatic carbocycles. The van der Waals surface area contributed by atoms with Crippen molar-refractivity contribution in [1.82, 2.24) is 9.88 Å². The third-order valence-corrected chi connectivity index (χ3v) is 4.11. The van der Waals surface area contributed by atoms with E-state index in [0.29, 0.717) is 30.0 Å². The number of halogens is 3. The molecular weight excluding hydrogens is 337 g/mol. The highest BCUT2D eigenvalue weighted by Gasteiger charge is 2.43. The van der Waals surface area contributed by atoms with Crippen molar-refractivity contribution < 1.29 is 22.6 Å². The molecule has 1 aromatic carbocycles. The van der Waals surface area contributed by atoms with Crippen LogP contribution in [0.4, 0.5) is 13.2 Å². The molecule has 0 spiro atoms. The van der Waals surface area contributed by atoms with E-state index in [4.69, 9.17) is 9.47 Å². The highest BCUT2D eigenvalue weighted by Crippen LogP contribution is 2.26. The van der Waals surface area contributed by atoms with Gasteiger partial charge in [-0.2, -0.15) is 13.2 Å². The number of H-pyrrole nitrogens is 1. The Hall–Kier alpha value is -2.06. The van der Waals surface area contributed by atoms with Crippen LogP contribution in [0.2, 0.25) is 0 Å². The SMILES string of the molecule is CCOc1ccc2[nH]c(=O)c(CN3CCO[C@@H](C(F)(F)F)C3)cc2c1. The van der Waals surface area contributed by atoms with E-state index in [1.165, 1.54) is 0 Å². The van der Waals surface area contributed by atoms with Crippen LogP contribution in [0.15, 0.2) is 29.1 Å². The first-order valence-corrected chi connectivity index (χ1v) is 8.06. The van der Waals surface area contributed by atoms with Crippen molar-refractivity contribution in [2.75, 3.05) is 26.3 Å². The Labute approximate surface area is 142 Å². The van der Waals surface area contributed by atoms with Gasteiger partial charge >= 0.3 is 6.18 Å². The Balaban J connectivity index is 1.82. The van der Waals surface area contributed by atoms with Crippen LogP contribution >= 0.6 is 0 Å². The van der Waals surface area contributed by atoms with E-state index < -0.39 is 12.3 Å². The van der Waals surface area contributed by atoms with E-state index in [0.717, 1.165) is 5.39 Å². The molecule has 0 unspecified atom stereocenters. The van der Waals surface area contributed by atoms with E-state index in [2.05, 4.69) is 4.98 Å². The van der Waals surface area contributed by atoms with Crippen LogP contribution in [0.3, 0.4) is 0 Å². The number of hydrogen-bond donors (Lipinski definition) is 1. The van der Waals surface area contributed by atoms with Crippen LogP contribution in [0, 0.1) is 0 Å². The lowest BCUT2D eigenvalue weighted by atomic mass is 10.1. The lowest BCUT2D eigenvalue weighted by Gasteiger charge is -2.33. The van der Waals surface area contributed by atoms with Crippen LogP contribution in [0.1, 0.15) is 12.5 Å². The number of ether oxygens (including phenoxy) is 2. The monoisotopic (exact) mass is 356 g/mol. The highest BCUT2D eigenvalue weighted by atomic mass is 19.4. The Morgan fingerprint density at radius 3 is 2.88 bits per heavy atom. The number of alkyl halides is 3. The number of aromatic amines is 1. The standard InChI is InChI=1S/C17H19F3N2O3/c1-2-24-13-3-4-14-11(8-13)7-12(16(23)21-14)9-22-5-6-25-15(10-22)17(18,19)20/h3-4,7-8,15H,2,5-6,9-10H2,1H3,(H,21,23)/t15-/m1/s1. The third-order valence-electron chi connectivity index (χ3n) is 4.11. The van der Waals surface area contributed by atoms with Gasteiger partial charge in [-0.15, -0.1) is 0 Å². The van der Waals surface area contributed by atoms with Crippen molar-refractivity contribution in [3.63, 3.8) is 0 Å². The molecule has 2 heterocycles. The molecule has 5 nitrogen and oxygen atoms in total. The fourth-order valence-corrected chi connectivity index (χ4v) is 2.89. The number of rotatable bonds is 4. The first kappa shape index (κ1) is 17.8. The second-order valence-corrected chi connectivity index (χ2v) is 5.94. The second kappa shape index (κ2) is 7.05. The molecule has 0 saturated carbocycles. The van der Waals surface area contributed by atoms with Gasteiger partial charge < -0.3 is 14.5 Å². The number of fused-ring (bicyclic) bond motifs is 1. The summed E-state index contributed by atoms with van der Waals surface area (Å²) in [5.41, 5.74) is 0.781. The van der Waals surface area contributed by atoms with Gasteiger partial charge in [0.1, 0.15) is 5.75 Å². The maximum Gasteiger partial charge on any atom is 0.415 e. The van der Waals surface area contributed by atoms with Crippen molar-refractivity contribution in [3.8, 4) is 5.75 Å². The van der Waals surface area contributed by atoms with Crippen molar-refractivity contribution in [1.29, 1.82) is 0 Å². The summed E-state index contributed by atoms with van der Waals surface area (Å²) in [6.07, 6.45) is -6.22. The van der Waals surface area contributed by atoms with Crippen LogP contribution < -0.4 is 10.3 Å². The van der Waals surface area contributed by atoms with Crippen molar-refractivity contribution in [2.24, 2.45) is 0 Å². The summed E-state index contributed by atoms with van der Waals surface area (Å²) in [6, 6.07) is 7.02. The van der Waals surface area contributed by atoms with Gasteiger partial charge in [-0.3, -0.25) is 9.69 Å². The Bertz CT molecular complexity index is 804. The van der Waals surface area contributed by atoms with Crippen LogP contribution in [0.25, 0.3) is 10.9 Å². The molecule has 1 fully saturated rings. The summed E-state index contributed by atoms with van der Waals surface area (Å²) in [4.78, 5) is 16.6. The van der Waals surface area contributed by atoms with Crippen molar-refractivity contribution in [3.05, 3.63) is 40.2 Å². The predicted molar refractivity (Wildman–Crippen MR) is 86.8 cm³/mol. The number of pyridine rings is 1. The van der Waals surface area contributed by atoms with E-state index in [-0.39, 0.29) is 25.3 Å². The van der Waals surface area contributed by atoms with Gasteiger partial charge in [0.2, 0.25) is 0 Å². The summed E-state index contributed by atoms with van der Waals surface area (Å²) in [5.74, 6) is 0.677. The lowest BCUT2D eigenvalue weighted by molar-refractivity contribution is -0.237. The topological polar surface area (TPSA) is 54.6 Å². The minimum absolute atomic E-state index is 0.00977. The van der Waals surface area contributed by atoms with Gasteiger partial charge in [0.15, 0.2) is 6.10 Å². The molecule has 1 aliphatic rings. The summed E-state index contributed by atoms with van der Waals surface area (Å²) >= 11 is 0. The van der Waals surface area contributed by atoms with Gasteiger partial charge in [-0.25, -0.2) is 0 Å². The largest absolute Gasteiger partial charge is 0.494 e. The first-order chi connectivity index (χ1) is 11.9. The number of morpholine rings is 1. The molecular formula is C17H19F3N2O3. The number of nitrogens with zero attached hydrogens (tertiary/aromatic N) is 1. The van der Waals surface area contributed by atoms with Crippen LogP contribution in [-0.4, -0.2) is 48.5 Å². The van der Waals surface area contributed by atoms with Gasteiger partial charge in [-0.1, -0.05) is 0 Å². The fourth-order valence-electron chi connectivity index (χ4n) is 2.89. The Morgan fingerprint density at radius 1 is 1.36 bits per heavy atom. The highest BCUT2D eigenvalue weighted by molar-refractivity contribution is 5.80. The van der Waals surface area contributed by atoms with Crippen LogP contribution in [-0.2, 0) is 11.3 Å². The Kier molecular flexibility index (Phi) is 5.01. The summed E-state index contributed by atoms with van der Waals surface area (Å²) in [5, 5.41) is 0.779. The third kappa shape index (κ3) is 4.13. The summed E-state index contributed by atoms with van der Waals surface area (Å²) < 4.78 is 48.7. The zero-order valence-corrected chi connectivity index (χ0v) is 13.7. The van der Waals surface area contributed by atoms with E-state index in [1.807, 2.05) is 6.92 Å². The maximum absolute atomic E-state index is 12.8. The molecule has 1 N–H and O–H groups in total. The molecule has 136 valence electrons. The van der Waals surface area contributed by atoms with E-state index in [9.17, 15) is 18.0 Å². The average molecular weight is 356 g/mol. The smallest absolute Gasteiger partial charge is 0.415 e. The molecule has 25 heavy (non-hydrogen) atoms. The van der Waals surface area contributed by atoms with Crippen molar-refractivity contribution in [2.45, 2.75) is 25.7 Å². The zero-order chi connectivity index (χ0) is 18.0. The van der Waals surface area contributed by atoms with Crippen LogP contribution in [0.5, 0.6) is 5.75 Å². The minimum Gasteiger partial charge on any atom is -0.494 e. The van der Waals surface area contributed by atoms with Gasteiger partial charge in [0, 0.05) is 36.1 Å². The molecule has 1 saturated heterocycles. The Morgan fingerprint density at radius 2 is 2.16 bits per heavy atom. The van der Waals surface area contributed by atoms with Gasteiger partial charge in [-0.05, 0) is 31.2 Å². The summed E-state index contributed by atoms with van der Waals surface area (Å²) in [7, 11) is 0. The summed E-state index contributed by atoms with van der Waals surface area (Å²) in [6.45, 7) is 2.60. The number of benzene rings is 1. The quantitative estimate of drug-likeness (QED) is 0.915. The van der Waals surface area contributed by atoms with E-state index >= 15 is 0 Å². The van der Waals surface area contributed by atoms with Crippen molar-refractivity contribution >= 4 is 10.9 Å². The molecule has 3 rings (SSSR count). The molecule has 2 aromatic rings. The number of aromatic nitrogens is 1. The molecule has 1 aromatic heterocycles. The molecule has 0 radical (unpaired) electrons. The first-order valence-electron chi connectivity index (χ1n) is 8.06. The van der Waals surface area contributed by atoms with Gasteiger partial charge in [0.25, 0.3) is 5.56 Å². The molecule has 0 amide bonds. The number of hydrogen-bond acceptors (Lipinski definition) is 4. The lowest BCUT2D eigenvalue weighted by Crippen LogP contribution is -2.49. The second-order valence-electron chi connectivity index (χ2n) is 5.94. The van der Waals surface area contributed by atoms with Gasteiger partial charge in [0.05, 0.1) is 13.2 Å². The normalized spacial score (nSPS) is 19.3. The van der Waals surface area contributed by atoms with E-state index in [1.54, 1.807) is 29.2 Å². The fraction of sp³-hybridized carbons (Fsp3) is 0.471. The predicted octanol–water partition coefficient (Wildman–Crippen LogP) is 2.69. The molecule has 0 bridgehead atoms. The minimum atomic E-state index is -4.40. The molecule has 1 atom stereocenters. The zero-order valence-electron chi connectivity index (χ0n) is 13.7.